The summed E-state index contributed by atoms with van der Waals surface area (Å²) in [7, 11) is 0.690. The van der Waals surface area contributed by atoms with Gasteiger partial charge in [0.1, 0.15) is 16.8 Å². The van der Waals surface area contributed by atoms with Crippen molar-refractivity contribution in [2.45, 2.75) is 19.3 Å². The predicted molar refractivity (Wildman–Crippen MR) is 45.8 cm³/mol. The molecule has 0 aromatic rings. The molecule has 58 valence electrons. The van der Waals surface area contributed by atoms with Gasteiger partial charge in [0.15, 0.2) is 0 Å². The molecule has 0 N–H and O–H groups in total. The maximum absolute atomic E-state index is 5.27. The van der Waals surface area contributed by atoms with E-state index in [2.05, 4.69) is 13.2 Å². The predicted octanol–water partition coefficient (Wildman–Crippen LogP) is 0.387. The van der Waals surface area contributed by atoms with Crippen LogP contribution in [0.1, 0.15) is 6.92 Å². The molecule has 0 spiro atoms. The molecular weight excluding hydrogens is 144 g/mol. The lowest BCUT2D eigenvalue weighted by Gasteiger charge is -2.15. The SMILES string of the molecule is C=CC(C=C)OC(C)O[SiH3]. The van der Waals surface area contributed by atoms with Gasteiger partial charge in [0.05, 0.1) is 6.10 Å². The number of ether oxygens (including phenoxy) is 1. The van der Waals surface area contributed by atoms with Crippen molar-refractivity contribution in [2.24, 2.45) is 0 Å². The van der Waals surface area contributed by atoms with Crippen molar-refractivity contribution in [1.29, 1.82) is 0 Å². The average Bonchev–Trinajstić information content (AvgIpc) is 1.99. The van der Waals surface area contributed by atoms with Crippen LogP contribution in [0.15, 0.2) is 25.3 Å². The third kappa shape index (κ3) is 3.61. The van der Waals surface area contributed by atoms with Crippen LogP contribution in [-0.2, 0) is 9.16 Å². The lowest BCUT2D eigenvalue weighted by molar-refractivity contribution is -0.0740. The van der Waals surface area contributed by atoms with Gasteiger partial charge in [-0.25, -0.2) is 0 Å². The first kappa shape index (κ1) is 9.62. The molecular formula is C7H14O2Si. The summed E-state index contributed by atoms with van der Waals surface area (Å²) in [6, 6.07) is 0. The minimum Gasteiger partial charge on any atom is -0.404 e. The molecule has 0 saturated heterocycles. The Bertz CT molecular complexity index is 106. The zero-order chi connectivity index (χ0) is 7.98. The third-order valence-electron chi connectivity index (χ3n) is 1.15. The Hall–Kier alpha value is -0.383. The second kappa shape index (κ2) is 5.41. The molecule has 0 saturated carbocycles. The maximum atomic E-state index is 5.27. The van der Waals surface area contributed by atoms with E-state index in [4.69, 9.17) is 9.16 Å². The minimum absolute atomic E-state index is 0.0936. The van der Waals surface area contributed by atoms with E-state index in [0.717, 1.165) is 0 Å². The van der Waals surface area contributed by atoms with Crippen molar-refractivity contribution in [2.75, 3.05) is 0 Å². The highest BCUT2D eigenvalue weighted by Crippen LogP contribution is 1.99. The van der Waals surface area contributed by atoms with Crippen LogP contribution in [0, 0.1) is 0 Å². The topological polar surface area (TPSA) is 18.5 Å². The van der Waals surface area contributed by atoms with Crippen molar-refractivity contribution in [1.82, 2.24) is 0 Å². The lowest BCUT2D eigenvalue weighted by atomic mass is 10.3. The molecule has 0 radical (unpaired) electrons. The van der Waals surface area contributed by atoms with Crippen molar-refractivity contribution in [3.8, 4) is 0 Å². The molecule has 0 heterocycles. The fraction of sp³-hybridized carbons (Fsp3) is 0.429. The van der Waals surface area contributed by atoms with E-state index >= 15 is 0 Å². The molecule has 0 aliphatic carbocycles. The molecule has 0 fully saturated rings. The van der Waals surface area contributed by atoms with E-state index < -0.39 is 0 Å². The van der Waals surface area contributed by atoms with E-state index in [1.807, 2.05) is 6.92 Å². The molecule has 1 atom stereocenters. The molecule has 2 nitrogen and oxygen atoms in total. The first-order valence-corrected chi connectivity index (χ1v) is 3.99. The third-order valence-corrected chi connectivity index (χ3v) is 1.81. The molecule has 0 aromatic carbocycles. The minimum atomic E-state index is -0.146. The first-order valence-electron chi connectivity index (χ1n) is 3.18. The van der Waals surface area contributed by atoms with E-state index in [1.165, 1.54) is 0 Å². The summed E-state index contributed by atoms with van der Waals surface area (Å²) in [6.45, 7) is 9.01. The summed E-state index contributed by atoms with van der Waals surface area (Å²) in [6.07, 6.45) is 3.13. The molecule has 0 aliphatic heterocycles. The van der Waals surface area contributed by atoms with Gasteiger partial charge in [-0.05, 0) is 6.92 Å². The van der Waals surface area contributed by atoms with Crippen LogP contribution < -0.4 is 0 Å². The lowest BCUT2D eigenvalue weighted by Crippen LogP contribution is -2.17. The van der Waals surface area contributed by atoms with E-state index in [0.29, 0.717) is 10.5 Å². The number of hydrogen-bond acceptors (Lipinski definition) is 2. The highest BCUT2D eigenvalue weighted by molar-refractivity contribution is 5.98. The van der Waals surface area contributed by atoms with Crippen LogP contribution in [0.4, 0.5) is 0 Å². The highest BCUT2D eigenvalue weighted by Gasteiger charge is 2.02. The summed E-state index contributed by atoms with van der Waals surface area (Å²) in [5.41, 5.74) is 0. The van der Waals surface area contributed by atoms with Crippen molar-refractivity contribution >= 4 is 10.5 Å². The summed E-state index contributed by atoms with van der Waals surface area (Å²) in [5.74, 6) is 0. The highest BCUT2D eigenvalue weighted by atomic mass is 28.2. The fourth-order valence-corrected chi connectivity index (χ4v) is 0.595. The number of rotatable bonds is 5. The smallest absolute Gasteiger partial charge is 0.149 e. The summed E-state index contributed by atoms with van der Waals surface area (Å²) in [5, 5.41) is 0. The zero-order valence-electron chi connectivity index (χ0n) is 6.54. The second-order valence-corrected chi connectivity index (χ2v) is 2.35. The van der Waals surface area contributed by atoms with Crippen LogP contribution in [0.5, 0.6) is 0 Å². The summed E-state index contributed by atoms with van der Waals surface area (Å²) < 4.78 is 10.3. The monoisotopic (exact) mass is 158 g/mol. The Morgan fingerprint density at radius 2 is 1.90 bits per heavy atom. The van der Waals surface area contributed by atoms with Gasteiger partial charge in [-0.15, -0.1) is 13.2 Å². The Morgan fingerprint density at radius 3 is 2.20 bits per heavy atom. The fourth-order valence-electron chi connectivity index (χ4n) is 0.484. The van der Waals surface area contributed by atoms with Crippen LogP contribution in [0.25, 0.3) is 0 Å². The van der Waals surface area contributed by atoms with E-state index in [-0.39, 0.29) is 12.4 Å². The van der Waals surface area contributed by atoms with Crippen molar-refractivity contribution in [3.05, 3.63) is 25.3 Å². The average molecular weight is 158 g/mol. The number of hydrogen-bond donors (Lipinski definition) is 0. The van der Waals surface area contributed by atoms with Gasteiger partial charge < -0.3 is 9.16 Å². The summed E-state index contributed by atoms with van der Waals surface area (Å²) in [4.78, 5) is 0. The van der Waals surface area contributed by atoms with Crippen molar-refractivity contribution in [3.63, 3.8) is 0 Å². The molecule has 0 bridgehead atoms. The van der Waals surface area contributed by atoms with Gasteiger partial charge in [-0.1, -0.05) is 12.2 Å². The molecule has 1 unspecified atom stereocenters. The van der Waals surface area contributed by atoms with Gasteiger partial charge >= 0.3 is 0 Å². The normalized spacial score (nSPS) is 13.4. The van der Waals surface area contributed by atoms with Gasteiger partial charge in [0.2, 0.25) is 0 Å². The van der Waals surface area contributed by atoms with E-state index in [1.54, 1.807) is 12.2 Å². The Morgan fingerprint density at radius 1 is 1.40 bits per heavy atom. The Balaban J connectivity index is 3.61. The molecule has 0 rings (SSSR count). The van der Waals surface area contributed by atoms with Gasteiger partial charge in [-0.2, -0.15) is 0 Å². The standard InChI is InChI=1S/C7H14O2Si/c1-4-7(5-2)8-6(3)9-10/h4-7H,1-2H2,3,10H3. The molecule has 0 aliphatic rings. The Labute approximate surface area is 65.1 Å². The van der Waals surface area contributed by atoms with Gasteiger partial charge in [0.25, 0.3) is 0 Å². The molecule has 0 aromatic heterocycles. The van der Waals surface area contributed by atoms with E-state index in [9.17, 15) is 0 Å². The van der Waals surface area contributed by atoms with Gasteiger partial charge in [0, 0.05) is 0 Å². The zero-order valence-corrected chi connectivity index (χ0v) is 8.54. The molecule has 0 amide bonds. The largest absolute Gasteiger partial charge is 0.404 e. The van der Waals surface area contributed by atoms with Crippen LogP contribution in [0.2, 0.25) is 0 Å². The van der Waals surface area contributed by atoms with Crippen LogP contribution in [-0.4, -0.2) is 22.9 Å². The van der Waals surface area contributed by atoms with Crippen LogP contribution >= 0.6 is 0 Å². The molecule has 3 heteroatoms. The van der Waals surface area contributed by atoms with Gasteiger partial charge in [-0.3, -0.25) is 0 Å². The first-order chi connectivity index (χ1) is 4.74. The second-order valence-electron chi connectivity index (χ2n) is 1.88. The Kier molecular flexibility index (Phi) is 5.20. The molecule has 10 heavy (non-hydrogen) atoms. The van der Waals surface area contributed by atoms with Crippen LogP contribution in [0.3, 0.4) is 0 Å². The summed E-state index contributed by atoms with van der Waals surface area (Å²) >= 11 is 0. The maximum Gasteiger partial charge on any atom is 0.149 e. The quantitative estimate of drug-likeness (QED) is 0.327. The van der Waals surface area contributed by atoms with Crippen molar-refractivity contribution < 1.29 is 9.16 Å².